The quantitative estimate of drug-likeness (QED) is 0.220. The van der Waals surface area contributed by atoms with E-state index in [-0.39, 0.29) is 11.5 Å². The number of thioether (sulfide) groups is 1. The number of methoxy groups -OCH3 is 1. The van der Waals surface area contributed by atoms with Crippen LogP contribution in [0.25, 0.3) is 22.2 Å². The molecule has 0 amide bonds. The van der Waals surface area contributed by atoms with E-state index in [4.69, 9.17) is 9.15 Å². The molecule has 0 aliphatic rings. The van der Waals surface area contributed by atoms with Gasteiger partial charge in [0.1, 0.15) is 11.5 Å². The number of Topliss-reactive ketones (excluding diaryl/α,β-unsaturated/α-hetero) is 1. The number of hydrogen-bond donors (Lipinski definition) is 0. The van der Waals surface area contributed by atoms with E-state index in [1.54, 1.807) is 13.4 Å². The van der Waals surface area contributed by atoms with Crippen LogP contribution in [0.4, 0.5) is 0 Å². The van der Waals surface area contributed by atoms with Crippen molar-refractivity contribution in [1.82, 2.24) is 14.8 Å². The number of aromatic nitrogens is 3. The molecule has 3 aromatic carbocycles. The SMILES string of the molecule is COc1cccc(-c2nnc(SCC(=O)c3ccc4ccccc4c3)n2Cc2ccco2)c1. The number of carbonyl (C=O) groups is 1. The van der Waals surface area contributed by atoms with Gasteiger partial charge in [-0.2, -0.15) is 0 Å². The van der Waals surface area contributed by atoms with Crippen LogP contribution in [0.2, 0.25) is 0 Å². The number of benzene rings is 3. The molecule has 0 saturated heterocycles. The zero-order chi connectivity index (χ0) is 22.6. The van der Waals surface area contributed by atoms with Gasteiger partial charge < -0.3 is 9.15 Å². The molecule has 164 valence electrons. The maximum atomic E-state index is 12.9. The first-order valence-electron chi connectivity index (χ1n) is 10.5. The lowest BCUT2D eigenvalue weighted by atomic mass is 10.1. The maximum absolute atomic E-state index is 12.9. The summed E-state index contributed by atoms with van der Waals surface area (Å²) in [5.41, 5.74) is 1.56. The molecule has 6 nitrogen and oxygen atoms in total. The third-order valence-electron chi connectivity index (χ3n) is 5.34. The minimum atomic E-state index is 0.0428. The van der Waals surface area contributed by atoms with Crippen molar-refractivity contribution in [3.8, 4) is 17.1 Å². The van der Waals surface area contributed by atoms with Crippen LogP contribution in [0, 0.1) is 0 Å². The molecule has 5 aromatic rings. The van der Waals surface area contributed by atoms with Crippen molar-refractivity contribution in [1.29, 1.82) is 0 Å². The summed E-state index contributed by atoms with van der Waals surface area (Å²) in [5, 5.41) is 11.6. The van der Waals surface area contributed by atoms with Gasteiger partial charge in [0.2, 0.25) is 0 Å². The number of hydrogen-bond acceptors (Lipinski definition) is 6. The minimum absolute atomic E-state index is 0.0428. The number of ketones is 1. The van der Waals surface area contributed by atoms with Gasteiger partial charge in [0.15, 0.2) is 16.8 Å². The Morgan fingerprint density at radius 3 is 2.67 bits per heavy atom. The average molecular weight is 456 g/mol. The highest BCUT2D eigenvalue weighted by atomic mass is 32.2. The smallest absolute Gasteiger partial charge is 0.192 e. The van der Waals surface area contributed by atoms with Crippen molar-refractivity contribution in [2.45, 2.75) is 11.7 Å². The number of nitrogens with zero attached hydrogens (tertiary/aromatic N) is 3. The molecule has 33 heavy (non-hydrogen) atoms. The van der Waals surface area contributed by atoms with E-state index in [1.807, 2.05) is 83.4 Å². The number of fused-ring (bicyclic) bond motifs is 1. The van der Waals surface area contributed by atoms with Gasteiger partial charge in [0.25, 0.3) is 0 Å². The summed E-state index contributed by atoms with van der Waals surface area (Å²) in [5.74, 6) is 2.50. The lowest BCUT2D eigenvalue weighted by Crippen LogP contribution is -2.07. The summed E-state index contributed by atoms with van der Waals surface area (Å²) >= 11 is 1.37. The number of ether oxygens (including phenoxy) is 1. The molecule has 5 rings (SSSR count). The lowest BCUT2D eigenvalue weighted by molar-refractivity contribution is 0.102. The summed E-state index contributed by atoms with van der Waals surface area (Å²) in [6.07, 6.45) is 1.64. The van der Waals surface area contributed by atoms with E-state index >= 15 is 0 Å². The molecule has 7 heteroatoms. The van der Waals surface area contributed by atoms with Crippen molar-refractivity contribution in [3.63, 3.8) is 0 Å². The Labute approximate surface area is 195 Å². The molecular formula is C26H21N3O3S. The largest absolute Gasteiger partial charge is 0.497 e. The highest BCUT2D eigenvalue weighted by Crippen LogP contribution is 2.28. The first-order chi connectivity index (χ1) is 16.2. The van der Waals surface area contributed by atoms with Gasteiger partial charge in [0.05, 0.1) is 25.7 Å². The lowest BCUT2D eigenvalue weighted by Gasteiger charge is -2.10. The van der Waals surface area contributed by atoms with Crippen molar-refractivity contribution in [2.75, 3.05) is 12.9 Å². The van der Waals surface area contributed by atoms with E-state index in [2.05, 4.69) is 10.2 Å². The van der Waals surface area contributed by atoms with Crippen molar-refractivity contribution in [3.05, 3.63) is 96.4 Å². The van der Waals surface area contributed by atoms with Crippen LogP contribution in [0.3, 0.4) is 0 Å². The topological polar surface area (TPSA) is 70.2 Å². The predicted molar refractivity (Wildman–Crippen MR) is 129 cm³/mol. The molecule has 0 unspecified atom stereocenters. The van der Waals surface area contributed by atoms with Gasteiger partial charge >= 0.3 is 0 Å². The number of rotatable bonds is 8. The van der Waals surface area contributed by atoms with Crippen LogP contribution in [-0.4, -0.2) is 33.4 Å². The molecular weight excluding hydrogens is 434 g/mol. The summed E-state index contributed by atoms with van der Waals surface area (Å²) in [6, 6.07) is 25.2. The fraction of sp³-hybridized carbons (Fsp3) is 0.115. The fourth-order valence-electron chi connectivity index (χ4n) is 3.65. The molecule has 0 aliphatic heterocycles. The van der Waals surface area contributed by atoms with Crippen LogP contribution < -0.4 is 4.74 Å². The molecule has 0 N–H and O–H groups in total. The van der Waals surface area contributed by atoms with Gasteiger partial charge in [0, 0.05) is 11.1 Å². The van der Waals surface area contributed by atoms with Crippen molar-refractivity contribution < 1.29 is 13.9 Å². The highest BCUT2D eigenvalue weighted by molar-refractivity contribution is 7.99. The number of carbonyl (C=O) groups excluding carboxylic acids is 1. The molecule has 0 fully saturated rings. The summed E-state index contributed by atoms with van der Waals surface area (Å²) < 4.78 is 12.9. The molecule has 0 bridgehead atoms. The Kier molecular flexibility index (Phi) is 5.95. The normalized spacial score (nSPS) is 11.1. The second-order valence-corrected chi connectivity index (χ2v) is 8.42. The van der Waals surface area contributed by atoms with E-state index in [9.17, 15) is 4.79 Å². The maximum Gasteiger partial charge on any atom is 0.192 e. The second kappa shape index (κ2) is 9.34. The molecule has 0 saturated carbocycles. The monoisotopic (exact) mass is 455 g/mol. The Morgan fingerprint density at radius 1 is 0.970 bits per heavy atom. The summed E-state index contributed by atoms with van der Waals surface area (Å²) in [4.78, 5) is 12.9. The zero-order valence-electron chi connectivity index (χ0n) is 18.0. The van der Waals surface area contributed by atoms with E-state index in [0.29, 0.717) is 23.1 Å². The molecule has 0 atom stereocenters. The van der Waals surface area contributed by atoms with Crippen LogP contribution in [0.1, 0.15) is 16.1 Å². The Balaban J connectivity index is 1.42. The molecule has 0 radical (unpaired) electrons. The zero-order valence-corrected chi connectivity index (χ0v) is 18.8. The third kappa shape index (κ3) is 4.54. The summed E-state index contributed by atoms with van der Waals surface area (Å²) in [7, 11) is 1.63. The van der Waals surface area contributed by atoms with Gasteiger partial charge in [-0.1, -0.05) is 60.3 Å². The van der Waals surface area contributed by atoms with E-state index in [0.717, 1.165) is 27.8 Å². The fourth-order valence-corrected chi connectivity index (χ4v) is 4.48. The van der Waals surface area contributed by atoms with Crippen LogP contribution in [0.5, 0.6) is 5.75 Å². The van der Waals surface area contributed by atoms with Crippen molar-refractivity contribution >= 4 is 28.3 Å². The van der Waals surface area contributed by atoms with Gasteiger partial charge in [-0.05, 0) is 41.1 Å². The first kappa shape index (κ1) is 21.0. The summed E-state index contributed by atoms with van der Waals surface area (Å²) in [6.45, 7) is 0.457. The predicted octanol–water partition coefficient (Wildman–Crippen LogP) is 5.72. The highest BCUT2D eigenvalue weighted by Gasteiger charge is 2.18. The second-order valence-electron chi connectivity index (χ2n) is 7.48. The van der Waals surface area contributed by atoms with Crippen molar-refractivity contribution in [2.24, 2.45) is 0 Å². The first-order valence-corrected chi connectivity index (χ1v) is 11.4. The van der Waals surface area contributed by atoms with E-state index in [1.165, 1.54) is 11.8 Å². The minimum Gasteiger partial charge on any atom is -0.497 e. The van der Waals surface area contributed by atoms with Crippen LogP contribution >= 0.6 is 11.8 Å². The molecule has 0 spiro atoms. The van der Waals surface area contributed by atoms with Gasteiger partial charge in [-0.3, -0.25) is 9.36 Å². The Morgan fingerprint density at radius 2 is 1.85 bits per heavy atom. The molecule has 2 heterocycles. The molecule has 2 aromatic heterocycles. The standard InChI is InChI=1S/C26H21N3O3S/c1-31-22-9-4-8-21(15-22)25-27-28-26(29(25)16-23-10-5-13-32-23)33-17-24(30)20-12-11-18-6-2-3-7-19(18)14-20/h2-15H,16-17H2,1H3. The van der Waals surface area contributed by atoms with E-state index < -0.39 is 0 Å². The number of furan rings is 1. The Bertz CT molecular complexity index is 1410. The van der Waals surface area contributed by atoms with Crippen LogP contribution in [-0.2, 0) is 6.54 Å². The third-order valence-corrected chi connectivity index (χ3v) is 6.31. The van der Waals surface area contributed by atoms with Crippen LogP contribution in [0.15, 0.2) is 94.7 Å². The van der Waals surface area contributed by atoms with Gasteiger partial charge in [-0.15, -0.1) is 10.2 Å². The average Bonchev–Trinajstić information content (AvgIpc) is 3.52. The Hall–Kier alpha value is -3.84. The van der Waals surface area contributed by atoms with Gasteiger partial charge in [-0.25, -0.2) is 0 Å². The molecule has 0 aliphatic carbocycles.